The smallest absolute Gasteiger partial charge is 0.408 e. The van der Waals surface area contributed by atoms with Gasteiger partial charge < -0.3 is 24.8 Å². The highest BCUT2D eigenvalue weighted by atomic mass is 16.5. The van der Waals surface area contributed by atoms with Crippen LogP contribution in [0.2, 0.25) is 0 Å². The minimum atomic E-state index is -1.40. The largest absolute Gasteiger partial charge is 0.481 e. The lowest BCUT2D eigenvalue weighted by molar-refractivity contribution is -0.152. The number of piperidine rings is 1. The Labute approximate surface area is 205 Å². The van der Waals surface area contributed by atoms with E-state index in [4.69, 9.17) is 9.47 Å². The van der Waals surface area contributed by atoms with Crippen molar-refractivity contribution in [2.24, 2.45) is 5.92 Å². The quantitative estimate of drug-likeness (QED) is 0.627. The number of carboxylic acid groups (broad SMARTS) is 1. The van der Waals surface area contributed by atoms with Gasteiger partial charge in [-0.25, -0.2) is 4.79 Å². The SMILES string of the molecule is COCC(C)(NC(=O)OCC1c2ccccc2-c2ccccc21)C(=O)N1CCCC(C(=O)O)C1C. The van der Waals surface area contributed by atoms with Gasteiger partial charge in [-0.1, -0.05) is 48.5 Å². The highest BCUT2D eigenvalue weighted by Gasteiger charge is 2.44. The third kappa shape index (κ3) is 4.75. The molecule has 2 aromatic carbocycles. The van der Waals surface area contributed by atoms with E-state index in [1.54, 1.807) is 13.8 Å². The van der Waals surface area contributed by atoms with Gasteiger partial charge in [-0.15, -0.1) is 0 Å². The fourth-order valence-corrected chi connectivity index (χ4v) is 5.38. The summed E-state index contributed by atoms with van der Waals surface area (Å²) in [6.07, 6.45) is 0.376. The van der Waals surface area contributed by atoms with Gasteiger partial charge in [0.2, 0.25) is 0 Å². The number of carbonyl (C=O) groups is 3. The van der Waals surface area contributed by atoms with E-state index in [0.29, 0.717) is 19.4 Å². The topological polar surface area (TPSA) is 105 Å². The zero-order chi connectivity index (χ0) is 25.2. The molecule has 0 radical (unpaired) electrons. The lowest BCUT2D eigenvalue weighted by Gasteiger charge is -2.42. The lowest BCUT2D eigenvalue weighted by Crippen LogP contribution is -2.63. The fraction of sp³-hybridized carbons (Fsp3) is 0.444. The summed E-state index contributed by atoms with van der Waals surface area (Å²) >= 11 is 0. The number of methoxy groups -OCH3 is 1. The van der Waals surface area contributed by atoms with Crippen LogP contribution in [0, 0.1) is 5.92 Å². The Kier molecular flexibility index (Phi) is 7.12. The van der Waals surface area contributed by atoms with Crippen molar-refractivity contribution in [2.45, 2.75) is 44.2 Å². The summed E-state index contributed by atoms with van der Waals surface area (Å²) < 4.78 is 10.9. The predicted molar refractivity (Wildman–Crippen MR) is 130 cm³/mol. The number of alkyl carbamates (subject to hydrolysis) is 1. The molecule has 3 unspecified atom stereocenters. The number of amides is 2. The van der Waals surface area contributed by atoms with Crippen LogP contribution in [0.1, 0.15) is 43.7 Å². The van der Waals surface area contributed by atoms with E-state index < -0.39 is 29.6 Å². The zero-order valence-electron chi connectivity index (χ0n) is 20.3. The first kappa shape index (κ1) is 24.7. The second-order valence-corrected chi connectivity index (χ2v) is 9.54. The minimum absolute atomic E-state index is 0.0724. The van der Waals surface area contributed by atoms with Crippen LogP contribution in [0.25, 0.3) is 11.1 Å². The van der Waals surface area contributed by atoms with Gasteiger partial charge in [0.1, 0.15) is 12.1 Å². The van der Waals surface area contributed by atoms with Crippen molar-refractivity contribution in [1.82, 2.24) is 10.2 Å². The van der Waals surface area contributed by atoms with Gasteiger partial charge in [-0.3, -0.25) is 9.59 Å². The Morgan fingerprint density at radius 1 is 1.09 bits per heavy atom. The summed E-state index contributed by atoms with van der Waals surface area (Å²) in [5.41, 5.74) is 3.05. The molecule has 186 valence electrons. The molecule has 2 aromatic rings. The monoisotopic (exact) mass is 480 g/mol. The van der Waals surface area contributed by atoms with E-state index in [2.05, 4.69) is 17.4 Å². The van der Waals surface area contributed by atoms with Gasteiger partial charge in [0.25, 0.3) is 5.91 Å². The van der Waals surface area contributed by atoms with E-state index in [9.17, 15) is 19.5 Å². The highest BCUT2D eigenvalue weighted by Crippen LogP contribution is 2.44. The minimum Gasteiger partial charge on any atom is -0.481 e. The number of ether oxygens (including phenoxy) is 2. The number of nitrogens with one attached hydrogen (secondary N) is 1. The third-order valence-corrected chi connectivity index (χ3v) is 7.19. The van der Waals surface area contributed by atoms with E-state index >= 15 is 0 Å². The molecule has 3 atom stereocenters. The van der Waals surface area contributed by atoms with Gasteiger partial charge in [0.15, 0.2) is 0 Å². The van der Waals surface area contributed by atoms with Crippen LogP contribution in [-0.4, -0.2) is 66.4 Å². The summed E-state index contributed by atoms with van der Waals surface area (Å²) in [6.45, 7) is 3.79. The third-order valence-electron chi connectivity index (χ3n) is 7.19. The summed E-state index contributed by atoms with van der Waals surface area (Å²) in [7, 11) is 1.45. The van der Waals surface area contributed by atoms with Gasteiger partial charge in [-0.2, -0.15) is 0 Å². The second kappa shape index (κ2) is 10.1. The van der Waals surface area contributed by atoms with Gasteiger partial charge in [0.05, 0.1) is 12.5 Å². The molecule has 0 saturated carbocycles. The van der Waals surface area contributed by atoms with Crippen LogP contribution in [0.5, 0.6) is 0 Å². The van der Waals surface area contributed by atoms with Crippen molar-refractivity contribution in [3.63, 3.8) is 0 Å². The molecule has 0 spiro atoms. The van der Waals surface area contributed by atoms with Crippen molar-refractivity contribution in [3.05, 3.63) is 59.7 Å². The Hall–Kier alpha value is -3.39. The standard InChI is InChI=1S/C27H32N2O6/c1-17-18(24(30)31)13-8-14-29(17)25(32)27(2,16-34-3)28-26(33)35-15-23-21-11-6-4-9-19(21)20-10-5-7-12-22(20)23/h4-7,9-12,17-18,23H,8,13-16H2,1-3H3,(H,28,33)(H,30,31). The number of hydrogen-bond acceptors (Lipinski definition) is 5. The van der Waals surface area contributed by atoms with Crippen molar-refractivity contribution in [3.8, 4) is 11.1 Å². The van der Waals surface area contributed by atoms with Crippen molar-refractivity contribution < 1.29 is 29.0 Å². The molecule has 0 aromatic heterocycles. The molecule has 0 bridgehead atoms. The summed E-state index contributed by atoms with van der Waals surface area (Å²) in [4.78, 5) is 39.5. The molecule has 1 heterocycles. The number of rotatable bonds is 7. The van der Waals surface area contributed by atoms with Crippen molar-refractivity contribution >= 4 is 18.0 Å². The van der Waals surface area contributed by atoms with Crippen LogP contribution < -0.4 is 5.32 Å². The van der Waals surface area contributed by atoms with Crippen LogP contribution >= 0.6 is 0 Å². The summed E-state index contributed by atoms with van der Waals surface area (Å²) in [5, 5.41) is 12.2. The first-order chi connectivity index (χ1) is 16.8. The van der Waals surface area contributed by atoms with Crippen LogP contribution in [0.4, 0.5) is 4.79 Å². The number of hydrogen-bond donors (Lipinski definition) is 2. The van der Waals surface area contributed by atoms with E-state index in [1.165, 1.54) is 12.0 Å². The maximum absolute atomic E-state index is 13.5. The molecule has 35 heavy (non-hydrogen) atoms. The molecule has 2 amide bonds. The number of likely N-dealkylation sites (tertiary alicyclic amines) is 1. The Morgan fingerprint density at radius 2 is 1.69 bits per heavy atom. The van der Waals surface area contributed by atoms with Crippen LogP contribution in [0.3, 0.4) is 0 Å². The molecular weight excluding hydrogens is 448 g/mol. The van der Waals surface area contributed by atoms with E-state index in [0.717, 1.165) is 22.3 Å². The molecule has 1 saturated heterocycles. The molecular formula is C27H32N2O6. The predicted octanol–water partition coefficient (Wildman–Crippen LogP) is 3.64. The molecule has 2 aliphatic rings. The maximum Gasteiger partial charge on any atom is 0.408 e. The molecule has 2 N–H and O–H groups in total. The lowest BCUT2D eigenvalue weighted by atomic mass is 9.88. The van der Waals surface area contributed by atoms with Gasteiger partial charge >= 0.3 is 12.1 Å². The number of benzene rings is 2. The fourth-order valence-electron chi connectivity index (χ4n) is 5.38. The van der Waals surface area contributed by atoms with E-state index in [-0.39, 0.29) is 25.0 Å². The van der Waals surface area contributed by atoms with Crippen LogP contribution in [0.15, 0.2) is 48.5 Å². The Balaban J connectivity index is 1.47. The number of aliphatic carboxylic acids is 1. The highest BCUT2D eigenvalue weighted by molar-refractivity contribution is 5.90. The Bertz CT molecular complexity index is 1070. The molecule has 8 heteroatoms. The Morgan fingerprint density at radius 3 is 2.26 bits per heavy atom. The van der Waals surface area contributed by atoms with Gasteiger partial charge in [-0.05, 0) is 48.9 Å². The maximum atomic E-state index is 13.5. The molecule has 1 fully saturated rings. The molecule has 1 aliphatic carbocycles. The summed E-state index contributed by atoms with van der Waals surface area (Å²) in [6, 6.07) is 15.6. The average molecular weight is 481 g/mol. The van der Waals surface area contributed by atoms with Gasteiger partial charge in [0, 0.05) is 25.6 Å². The first-order valence-corrected chi connectivity index (χ1v) is 11.9. The van der Waals surface area contributed by atoms with Crippen molar-refractivity contribution in [1.29, 1.82) is 0 Å². The van der Waals surface area contributed by atoms with E-state index in [1.807, 2.05) is 36.4 Å². The first-order valence-electron chi connectivity index (χ1n) is 11.9. The average Bonchev–Trinajstić information content (AvgIpc) is 3.16. The van der Waals surface area contributed by atoms with Crippen molar-refractivity contribution in [2.75, 3.05) is 26.9 Å². The molecule has 8 nitrogen and oxygen atoms in total. The zero-order valence-corrected chi connectivity index (χ0v) is 20.3. The normalized spacial score (nSPS) is 20.9. The number of carboxylic acids is 1. The van der Waals surface area contributed by atoms with Crippen LogP contribution in [-0.2, 0) is 19.1 Å². The molecule has 4 rings (SSSR count). The number of nitrogens with zero attached hydrogens (tertiary/aromatic N) is 1. The number of fused-ring (bicyclic) bond motifs is 3. The summed E-state index contributed by atoms with van der Waals surface area (Å²) in [5.74, 6) is -2.05. The second-order valence-electron chi connectivity index (χ2n) is 9.54. The number of carbonyl (C=O) groups excluding carboxylic acids is 2. The molecule has 1 aliphatic heterocycles.